The van der Waals surface area contributed by atoms with Crippen molar-refractivity contribution >= 4 is 21.6 Å². The highest BCUT2D eigenvalue weighted by Crippen LogP contribution is 2.35. The summed E-state index contributed by atoms with van der Waals surface area (Å²) < 4.78 is 38.3. The number of anilines is 1. The highest BCUT2D eigenvalue weighted by molar-refractivity contribution is 9.10. The quantitative estimate of drug-likeness (QED) is 0.816. The first-order valence-electron chi connectivity index (χ1n) is 7.22. The lowest BCUT2D eigenvalue weighted by atomic mass is 9.79. The molecule has 1 aliphatic rings. The van der Waals surface area contributed by atoms with Gasteiger partial charge >= 0.3 is 6.18 Å². The molecule has 118 valence electrons. The zero-order valence-electron chi connectivity index (χ0n) is 11.7. The Kier molecular flexibility index (Phi) is 5.54. The molecule has 0 heterocycles. The van der Waals surface area contributed by atoms with Gasteiger partial charge in [-0.1, -0.05) is 12.8 Å². The maximum Gasteiger partial charge on any atom is 0.416 e. The van der Waals surface area contributed by atoms with Gasteiger partial charge in [-0.05, 0) is 65.4 Å². The van der Waals surface area contributed by atoms with Crippen LogP contribution < -0.4 is 11.1 Å². The van der Waals surface area contributed by atoms with Gasteiger partial charge in [0.2, 0.25) is 0 Å². The lowest BCUT2D eigenvalue weighted by molar-refractivity contribution is -0.137. The molecular formula is C15H20BrF3N2. The molecule has 1 saturated carbocycles. The fourth-order valence-electron chi connectivity index (χ4n) is 2.94. The Bertz CT molecular complexity index is 476. The van der Waals surface area contributed by atoms with Gasteiger partial charge in [0.15, 0.2) is 0 Å². The normalized spacial score (nSPS) is 23.1. The van der Waals surface area contributed by atoms with Crippen LogP contribution in [0.4, 0.5) is 18.9 Å². The van der Waals surface area contributed by atoms with Crippen molar-refractivity contribution in [3.63, 3.8) is 0 Å². The van der Waals surface area contributed by atoms with Crippen molar-refractivity contribution in [3.8, 4) is 0 Å². The minimum Gasteiger partial charge on any atom is -0.384 e. The van der Waals surface area contributed by atoms with Gasteiger partial charge in [0.05, 0.1) is 5.56 Å². The average Bonchev–Trinajstić information content (AvgIpc) is 2.45. The second-order valence-electron chi connectivity index (χ2n) is 5.61. The van der Waals surface area contributed by atoms with Gasteiger partial charge in [0, 0.05) is 16.7 Å². The van der Waals surface area contributed by atoms with Crippen LogP contribution in [0.5, 0.6) is 0 Å². The second kappa shape index (κ2) is 7.01. The highest BCUT2D eigenvalue weighted by Gasteiger charge is 2.31. The second-order valence-corrected chi connectivity index (χ2v) is 6.47. The summed E-state index contributed by atoms with van der Waals surface area (Å²) in [5, 5.41) is 3.26. The molecule has 0 radical (unpaired) electrons. The number of nitrogens with one attached hydrogen (secondary N) is 1. The molecule has 2 atom stereocenters. The Morgan fingerprint density at radius 3 is 2.43 bits per heavy atom. The van der Waals surface area contributed by atoms with Crippen LogP contribution in [-0.4, -0.2) is 13.1 Å². The molecule has 1 aliphatic carbocycles. The molecule has 1 aromatic carbocycles. The Balaban J connectivity index is 2.00. The van der Waals surface area contributed by atoms with Crippen molar-refractivity contribution in [2.24, 2.45) is 17.6 Å². The van der Waals surface area contributed by atoms with Crippen LogP contribution >= 0.6 is 15.9 Å². The van der Waals surface area contributed by atoms with Crippen molar-refractivity contribution in [1.29, 1.82) is 0 Å². The highest BCUT2D eigenvalue weighted by atomic mass is 79.9. The number of hydrogen-bond acceptors (Lipinski definition) is 2. The summed E-state index contributed by atoms with van der Waals surface area (Å²) in [6, 6.07) is 3.70. The van der Waals surface area contributed by atoms with E-state index in [1.807, 2.05) is 0 Å². The Morgan fingerprint density at radius 2 is 1.86 bits per heavy atom. The molecule has 3 N–H and O–H groups in total. The van der Waals surface area contributed by atoms with Crippen molar-refractivity contribution in [2.75, 3.05) is 18.4 Å². The third kappa shape index (κ3) is 4.36. The molecule has 0 bridgehead atoms. The van der Waals surface area contributed by atoms with Crippen molar-refractivity contribution in [3.05, 3.63) is 28.2 Å². The zero-order valence-corrected chi connectivity index (χ0v) is 13.3. The molecular weight excluding hydrogens is 345 g/mol. The number of nitrogens with two attached hydrogens (primary N) is 1. The number of alkyl halides is 3. The van der Waals surface area contributed by atoms with E-state index in [-0.39, 0.29) is 0 Å². The Labute approximate surface area is 131 Å². The molecule has 1 aromatic rings. The van der Waals surface area contributed by atoms with E-state index in [4.69, 9.17) is 5.73 Å². The first kappa shape index (κ1) is 16.6. The van der Waals surface area contributed by atoms with Crippen LogP contribution in [0.2, 0.25) is 0 Å². The van der Waals surface area contributed by atoms with Crippen LogP contribution in [0.3, 0.4) is 0 Å². The SMILES string of the molecule is NCC1CCCCC1CNc1ccc(C(F)(F)F)cc1Br. The van der Waals surface area contributed by atoms with Crippen molar-refractivity contribution < 1.29 is 13.2 Å². The van der Waals surface area contributed by atoms with E-state index in [9.17, 15) is 13.2 Å². The van der Waals surface area contributed by atoms with E-state index in [0.29, 0.717) is 28.5 Å². The summed E-state index contributed by atoms with van der Waals surface area (Å²) >= 11 is 3.21. The van der Waals surface area contributed by atoms with E-state index in [0.717, 1.165) is 31.5 Å². The maximum absolute atomic E-state index is 12.6. The third-order valence-corrected chi connectivity index (χ3v) is 4.88. The molecule has 0 saturated heterocycles. The molecule has 0 amide bonds. The topological polar surface area (TPSA) is 38.0 Å². The van der Waals surface area contributed by atoms with Gasteiger partial charge in [-0.2, -0.15) is 13.2 Å². The van der Waals surface area contributed by atoms with E-state index in [1.165, 1.54) is 18.9 Å². The number of hydrogen-bond donors (Lipinski definition) is 2. The third-order valence-electron chi connectivity index (χ3n) is 4.22. The Morgan fingerprint density at radius 1 is 1.19 bits per heavy atom. The zero-order chi connectivity index (χ0) is 15.5. The van der Waals surface area contributed by atoms with Gasteiger partial charge in [-0.25, -0.2) is 0 Å². The van der Waals surface area contributed by atoms with Gasteiger partial charge in [-0.15, -0.1) is 0 Å². The maximum atomic E-state index is 12.6. The fraction of sp³-hybridized carbons (Fsp3) is 0.600. The van der Waals surface area contributed by atoms with Gasteiger partial charge < -0.3 is 11.1 Å². The van der Waals surface area contributed by atoms with Crippen LogP contribution in [0.15, 0.2) is 22.7 Å². The summed E-state index contributed by atoms with van der Waals surface area (Å²) in [7, 11) is 0. The van der Waals surface area contributed by atoms with Crippen molar-refractivity contribution in [2.45, 2.75) is 31.9 Å². The summed E-state index contributed by atoms with van der Waals surface area (Å²) in [6.07, 6.45) is 0.401. The molecule has 2 rings (SSSR count). The summed E-state index contributed by atoms with van der Waals surface area (Å²) in [5.74, 6) is 1.01. The van der Waals surface area contributed by atoms with Gasteiger partial charge in [-0.3, -0.25) is 0 Å². The summed E-state index contributed by atoms with van der Waals surface area (Å²) in [4.78, 5) is 0. The summed E-state index contributed by atoms with van der Waals surface area (Å²) in [5.41, 5.74) is 5.86. The first-order valence-corrected chi connectivity index (χ1v) is 8.02. The molecule has 21 heavy (non-hydrogen) atoms. The smallest absolute Gasteiger partial charge is 0.384 e. The molecule has 2 nitrogen and oxygen atoms in total. The van der Waals surface area contributed by atoms with E-state index in [1.54, 1.807) is 0 Å². The molecule has 1 fully saturated rings. The standard InChI is InChI=1S/C15H20BrF3N2/c16-13-7-12(15(17,18)19)5-6-14(13)21-9-11-4-2-1-3-10(11)8-20/h5-7,10-11,21H,1-4,8-9,20H2. The van der Waals surface area contributed by atoms with E-state index >= 15 is 0 Å². The van der Waals surface area contributed by atoms with Crippen LogP contribution in [0.25, 0.3) is 0 Å². The molecule has 0 aromatic heterocycles. The van der Waals surface area contributed by atoms with Crippen LogP contribution in [0, 0.1) is 11.8 Å². The van der Waals surface area contributed by atoms with Gasteiger partial charge in [0.1, 0.15) is 0 Å². The average molecular weight is 365 g/mol. The minimum absolute atomic E-state index is 0.442. The number of benzene rings is 1. The fourth-order valence-corrected chi connectivity index (χ4v) is 3.46. The Hall–Kier alpha value is -0.750. The van der Waals surface area contributed by atoms with E-state index in [2.05, 4.69) is 21.2 Å². The molecule has 0 aliphatic heterocycles. The predicted octanol–water partition coefficient (Wildman–Crippen LogP) is 4.64. The van der Waals surface area contributed by atoms with Crippen molar-refractivity contribution in [1.82, 2.24) is 0 Å². The lowest BCUT2D eigenvalue weighted by Crippen LogP contribution is -2.31. The van der Waals surface area contributed by atoms with E-state index < -0.39 is 11.7 Å². The van der Waals surface area contributed by atoms with Gasteiger partial charge in [0.25, 0.3) is 0 Å². The monoisotopic (exact) mass is 364 g/mol. The number of halogens is 4. The molecule has 6 heteroatoms. The largest absolute Gasteiger partial charge is 0.416 e. The lowest BCUT2D eigenvalue weighted by Gasteiger charge is -2.31. The molecule has 2 unspecified atom stereocenters. The van der Waals surface area contributed by atoms with Crippen LogP contribution in [0.1, 0.15) is 31.2 Å². The minimum atomic E-state index is -4.31. The number of rotatable bonds is 4. The summed E-state index contributed by atoms with van der Waals surface area (Å²) in [6.45, 7) is 1.44. The van der Waals surface area contributed by atoms with Crippen LogP contribution in [-0.2, 0) is 6.18 Å². The molecule has 0 spiro atoms. The first-order chi connectivity index (χ1) is 9.91. The predicted molar refractivity (Wildman–Crippen MR) is 82.1 cm³/mol.